The molecule has 0 aliphatic heterocycles. The van der Waals surface area contributed by atoms with Gasteiger partial charge >= 0.3 is 12.1 Å². The number of nitrogen functional groups attached to an aromatic ring is 1. The molecule has 1 aromatic heterocycles. The molecule has 8 nitrogen and oxygen atoms in total. The standard InChI is InChI=1S/C24H24F3N3O5/c1-6-34-22(32)13-10-30(20-11(2)19(28)16(27)7-12(20)21(13)31)18-9-17(14(25)8-15(18)26)29-23(33)35-24(3,4)5/h7-10H,6,28H2,1-5H3,(H,29,33). The Kier molecular flexibility index (Phi) is 6.82. The summed E-state index contributed by atoms with van der Waals surface area (Å²) in [5.41, 5.74) is 2.52. The number of nitrogens with zero attached hydrogens (tertiary/aromatic N) is 1. The number of aromatic nitrogens is 1. The van der Waals surface area contributed by atoms with Crippen LogP contribution in [0.25, 0.3) is 16.6 Å². The van der Waals surface area contributed by atoms with Crippen molar-refractivity contribution < 1.29 is 32.2 Å². The molecule has 0 saturated carbocycles. The van der Waals surface area contributed by atoms with Gasteiger partial charge in [-0.2, -0.15) is 0 Å². The second-order valence-electron chi connectivity index (χ2n) is 8.67. The van der Waals surface area contributed by atoms with Crippen LogP contribution in [-0.2, 0) is 9.47 Å². The van der Waals surface area contributed by atoms with E-state index in [9.17, 15) is 23.2 Å². The number of pyridine rings is 1. The molecule has 3 aromatic rings. The Morgan fingerprint density at radius 3 is 2.34 bits per heavy atom. The fourth-order valence-electron chi connectivity index (χ4n) is 3.44. The third-order valence-corrected chi connectivity index (χ3v) is 4.96. The number of benzene rings is 2. The number of amides is 1. The number of esters is 1. The summed E-state index contributed by atoms with van der Waals surface area (Å²) in [7, 11) is 0. The highest BCUT2D eigenvalue weighted by Gasteiger charge is 2.24. The van der Waals surface area contributed by atoms with Gasteiger partial charge in [0.15, 0.2) is 0 Å². The van der Waals surface area contributed by atoms with E-state index in [-0.39, 0.29) is 34.4 Å². The molecule has 2 aromatic carbocycles. The van der Waals surface area contributed by atoms with Crippen molar-refractivity contribution in [3.05, 3.63) is 63.2 Å². The normalized spacial score (nSPS) is 11.4. The Morgan fingerprint density at radius 2 is 1.74 bits per heavy atom. The molecule has 11 heteroatoms. The maximum atomic E-state index is 15.0. The molecule has 0 aliphatic rings. The molecule has 1 heterocycles. The van der Waals surface area contributed by atoms with Gasteiger partial charge in [-0.05, 0) is 52.3 Å². The van der Waals surface area contributed by atoms with Crippen LogP contribution in [0, 0.1) is 24.4 Å². The van der Waals surface area contributed by atoms with Gasteiger partial charge in [0, 0.05) is 12.3 Å². The lowest BCUT2D eigenvalue weighted by atomic mass is 10.0. The first-order valence-electron chi connectivity index (χ1n) is 10.6. The van der Waals surface area contributed by atoms with E-state index in [1.807, 2.05) is 0 Å². The van der Waals surface area contributed by atoms with Crippen LogP contribution in [0.15, 0.2) is 29.2 Å². The number of nitrogens with one attached hydrogen (secondary N) is 1. The molecule has 3 N–H and O–H groups in total. The van der Waals surface area contributed by atoms with Crippen molar-refractivity contribution in [1.29, 1.82) is 0 Å². The molecule has 0 atom stereocenters. The minimum absolute atomic E-state index is 0.0179. The number of carbonyl (C=O) groups excluding carboxylic acids is 2. The van der Waals surface area contributed by atoms with Crippen molar-refractivity contribution in [3.63, 3.8) is 0 Å². The van der Waals surface area contributed by atoms with E-state index in [1.165, 1.54) is 13.8 Å². The van der Waals surface area contributed by atoms with Gasteiger partial charge in [0.05, 0.1) is 34.6 Å². The quantitative estimate of drug-likeness (QED) is 0.400. The zero-order valence-electron chi connectivity index (χ0n) is 19.7. The SMILES string of the molecule is CCOC(=O)c1cn(-c2cc(NC(=O)OC(C)(C)C)c(F)cc2F)c2c(C)c(N)c(F)cc2c1=O. The number of rotatable bonds is 4. The summed E-state index contributed by atoms with van der Waals surface area (Å²) in [5, 5.41) is 1.93. The van der Waals surface area contributed by atoms with Crippen LogP contribution < -0.4 is 16.5 Å². The minimum Gasteiger partial charge on any atom is -0.462 e. The summed E-state index contributed by atoms with van der Waals surface area (Å²) in [5.74, 6) is -4.13. The summed E-state index contributed by atoms with van der Waals surface area (Å²) in [6.45, 7) is 7.69. The number of anilines is 2. The molecular weight excluding hydrogens is 467 g/mol. The van der Waals surface area contributed by atoms with Gasteiger partial charge in [-0.1, -0.05) is 0 Å². The zero-order chi connectivity index (χ0) is 26.2. The average Bonchev–Trinajstić information content (AvgIpc) is 2.73. The summed E-state index contributed by atoms with van der Waals surface area (Å²) in [6, 6.07) is 2.30. The van der Waals surface area contributed by atoms with Gasteiger partial charge in [-0.15, -0.1) is 0 Å². The number of fused-ring (bicyclic) bond motifs is 1. The molecule has 186 valence electrons. The molecule has 0 fully saturated rings. The Morgan fingerprint density at radius 1 is 1.09 bits per heavy atom. The Labute approximate surface area is 198 Å². The molecule has 0 radical (unpaired) electrons. The minimum atomic E-state index is -1.10. The molecular formula is C24H24F3N3O5. The van der Waals surface area contributed by atoms with Crippen molar-refractivity contribution in [2.45, 2.75) is 40.2 Å². The van der Waals surface area contributed by atoms with Crippen molar-refractivity contribution >= 4 is 34.3 Å². The van der Waals surface area contributed by atoms with Gasteiger partial charge in [0.25, 0.3) is 0 Å². The van der Waals surface area contributed by atoms with Gasteiger partial charge in [-0.3, -0.25) is 10.1 Å². The lowest BCUT2D eigenvalue weighted by Gasteiger charge is -2.21. The van der Waals surface area contributed by atoms with Crippen molar-refractivity contribution in [1.82, 2.24) is 4.57 Å². The van der Waals surface area contributed by atoms with E-state index >= 15 is 4.39 Å². The molecule has 35 heavy (non-hydrogen) atoms. The fraction of sp³-hybridized carbons (Fsp3) is 0.292. The Hall–Kier alpha value is -4.02. The molecule has 3 rings (SSSR count). The topological polar surface area (TPSA) is 113 Å². The van der Waals surface area contributed by atoms with Crippen LogP contribution in [0.4, 0.5) is 29.3 Å². The maximum absolute atomic E-state index is 15.0. The summed E-state index contributed by atoms with van der Waals surface area (Å²) in [6.07, 6.45) is 0.00838. The first kappa shape index (κ1) is 25.6. The lowest BCUT2D eigenvalue weighted by molar-refractivity contribution is 0.0523. The van der Waals surface area contributed by atoms with Crippen molar-refractivity contribution in [2.75, 3.05) is 17.7 Å². The molecule has 0 aliphatic carbocycles. The number of hydrogen-bond donors (Lipinski definition) is 2. The smallest absolute Gasteiger partial charge is 0.412 e. The number of aryl methyl sites for hydroxylation is 1. The number of hydrogen-bond acceptors (Lipinski definition) is 6. The van der Waals surface area contributed by atoms with E-state index in [2.05, 4.69) is 5.32 Å². The molecule has 0 bridgehead atoms. The van der Waals surface area contributed by atoms with Crippen LogP contribution in [0.2, 0.25) is 0 Å². The predicted molar refractivity (Wildman–Crippen MR) is 124 cm³/mol. The van der Waals surface area contributed by atoms with Gasteiger partial charge in [-0.25, -0.2) is 22.8 Å². The third kappa shape index (κ3) is 5.08. The molecule has 0 unspecified atom stereocenters. The van der Waals surface area contributed by atoms with Crippen LogP contribution in [-0.4, -0.2) is 28.8 Å². The first-order valence-corrected chi connectivity index (χ1v) is 10.6. The van der Waals surface area contributed by atoms with Crippen LogP contribution in [0.5, 0.6) is 0 Å². The number of nitrogens with two attached hydrogens (primary N) is 1. The summed E-state index contributed by atoms with van der Waals surface area (Å²) >= 11 is 0. The van der Waals surface area contributed by atoms with E-state index in [0.717, 1.165) is 22.9 Å². The number of carbonyl (C=O) groups is 2. The second-order valence-corrected chi connectivity index (χ2v) is 8.67. The van der Waals surface area contributed by atoms with Crippen molar-refractivity contribution in [2.24, 2.45) is 0 Å². The fourth-order valence-corrected chi connectivity index (χ4v) is 3.44. The molecule has 1 amide bonds. The molecule has 0 saturated heterocycles. The Bertz CT molecular complexity index is 1410. The highest BCUT2D eigenvalue weighted by Crippen LogP contribution is 2.30. The van der Waals surface area contributed by atoms with Crippen LogP contribution in [0.3, 0.4) is 0 Å². The zero-order valence-corrected chi connectivity index (χ0v) is 19.7. The van der Waals surface area contributed by atoms with E-state index in [1.54, 1.807) is 20.8 Å². The van der Waals surface area contributed by atoms with Crippen molar-refractivity contribution in [3.8, 4) is 5.69 Å². The van der Waals surface area contributed by atoms with E-state index in [4.69, 9.17) is 15.2 Å². The number of ether oxygens (including phenoxy) is 2. The summed E-state index contributed by atoms with van der Waals surface area (Å²) in [4.78, 5) is 37.6. The third-order valence-electron chi connectivity index (χ3n) is 4.96. The predicted octanol–water partition coefficient (Wildman–Crippen LogP) is 4.82. The summed E-state index contributed by atoms with van der Waals surface area (Å²) < 4.78 is 55.0. The van der Waals surface area contributed by atoms with Gasteiger partial charge in [0.1, 0.15) is 28.6 Å². The number of halogens is 3. The van der Waals surface area contributed by atoms with Gasteiger partial charge in [0.2, 0.25) is 5.43 Å². The maximum Gasteiger partial charge on any atom is 0.412 e. The molecule has 0 spiro atoms. The van der Waals surface area contributed by atoms with Crippen LogP contribution >= 0.6 is 0 Å². The Balaban J connectivity index is 2.34. The highest BCUT2D eigenvalue weighted by atomic mass is 19.1. The largest absolute Gasteiger partial charge is 0.462 e. The second kappa shape index (κ2) is 9.32. The highest BCUT2D eigenvalue weighted by molar-refractivity contribution is 5.96. The lowest BCUT2D eigenvalue weighted by Crippen LogP contribution is -2.27. The van der Waals surface area contributed by atoms with Gasteiger partial charge < -0.3 is 19.8 Å². The van der Waals surface area contributed by atoms with E-state index in [0.29, 0.717) is 6.07 Å². The monoisotopic (exact) mass is 491 g/mol. The average molecular weight is 491 g/mol. The first-order chi connectivity index (χ1) is 16.2. The van der Waals surface area contributed by atoms with Crippen LogP contribution in [0.1, 0.15) is 43.6 Å². The van der Waals surface area contributed by atoms with E-state index < -0.39 is 51.8 Å².